The lowest BCUT2D eigenvalue weighted by atomic mass is 10.2. The average Bonchev–Trinajstić information content (AvgIpc) is 2.55. The van der Waals surface area contributed by atoms with Crippen LogP contribution < -0.4 is 10.4 Å². The van der Waals surface area contributed by atoms with E-state index < -0.39 is 17.6 Å². The Morgan fingerprint density at radius 1 is 1.04 bits per heavy atom. The minimum Gasteiger partial charge on any atom is -0.404 e. The van der Waals surface area contributed by atoms with Crippen molar-refractivity contribution in [3.8, 4) is 0 Å². The van der Waals surface area contributed by atoms with Gasteiger partial charge in [0.1, 0.15) is 6.61 Å². The lowest BCUT2D eigenvalue weighted by Gasteiger charge is -2.16. The SMILES string of the molecule is O=c1c2cc(Cl)cc(Cl)c2nc(C(F)(F)F)n1OCc1ccc(Cl)cc1. The molecule has 4 nitrogen and oxygen atoms in total. The molecule has 0 bridgehead atoms. The number of hydrogen-bond acceptors (Lipinski definition) is 3. The van der Waals surface area contributed by atoms with Gasteiger partial charge >= 0.3 is 6.18 Å². The number of halogens is 6. The third-order valence-corrected chi connectivity index (χ3v) is 4.14. The number of nitrogens with zero attached hydrogens (tertiary/aromatic N) is 2. The van der Waals surface area contributed by atoms with Crippen LogP contribution in [0.25, 0.3) is 10.9 Å². The Kier molecular flexibility index (Phi) is 5.05. The molecular weight excluding hydrogens is 416 g/mol. The van der Waals surface area contributed by atoms with Crippen LogP contribution in [0.5, 0.6) is 0 Å². The third-order valence-electron chi connectivity index (χ3n) is 3.38. The Balaban J connectivity index is 2.14. The van der Waals surface area contributed by atoms with Crippen LogP contribution in [0, 0.1) is 0 Å². The van der Waals surface area contributed by atoms with Crippen molar-refractivity contribution in [2.45, 2.75) is 12.8 Å². The predicted molar refractivity (Wildman–Crippen MR) is 92.8 cm³/mol. The maximum absolute atomic E-state index is 13.4. The van der Waals surface area contributed by atoms with Crippen molar-refractivity contribution >= 4 is 45.7 Å². The van der Waals surface area contributed by atoms with E-state index in [1.807, 2.05) is 0 Å². The minimum atomic E-state index is -4.93. The van der Waals surface area contributed by atoms with Crippen molar-refractivity contribution in [2.24, 2.45) is 0 Å². The molecule has 0 atom stereocenters. The monoisotopic (exact) mass is 422 g/mol. The van der Waals surface area contributed by atoms with E-state index in [1.54, 1.807) is 24.3 Å². The summed E-state index contributed by atoms with van der Waals surface area (Å²) >= 11 is 17.5. The van der Waals surface area contributed by atoms with Crippen molar-refractivity contribution < 1.29 is 18.0 Å². The van der Waals surface area contributed by atoms with E-state index in [-0.39, 0.29) is 32.3 Å². The zero-order valence-electron chi connectivity index (χ0n) is 12.6. The van der Waals surface area contributed by atoms with Crippen molar-refractivity contribution in [3.05, 3.63) is 73.2 Å². The molecule has 0 aliphatic rings. The Morgan fingerprint density at radius 3 is 2.31 bits per heavy atom. The summed E-state index contributed by atoms with van der Waals surface area (Å²) < 4.78 is 40.2. The number of benzene rings is 2. The van der Waals surface area contributed by atoms with Gasteiger partial charge in [-0.2, -0.15) is 13.2 Å². The molecule has 0 fully saturated rings. The maximum Gasteiger partial charge on any atom is 0.453 e. The van der Waals surface area contributed by atoms with Gasteiger partial charge in [0.2, 0.25) is 0 Å². The molecule has 0 aliphatic carbocycles. The van der Waals surface area contributed by atoms with E-state index in [0.717, 1.165) is 0 Å². The van der Waals surface area contributed by atoms with Crippen LogP contribution in [0.4, 0.5) is 13.2 Å². The van der Waals surface area contributed by atoms with Gasteiger partial charge < -0.3 is 4.84 Å². The summed E-state index contributed by atoms with van der Waals surface area (Å²) in [6, 6.07) is 8.60. The summed E-state index contributed by atoms with van der Waals surface area (Å²) in [7, 11) is 0. The first kappa shape index (κ1) is 18.8. The standard InChI is InChI=1S/C16H8Cl3F3N2O2/c17-9-3-1-8(2-4-9)7-26-24-14(25)11-5-10(18)6-12(19)13(11)23-15(24)16(20,21)22/h1-6H,7H2. The van der Waals surface area contributed by atoms with Crippen LogP contribution >= 0.6 is 34.8 Å². The molecule has 0 aliphatic heterocycles. The molecule has 0 spiro atoms. The van der Waals surface area contributed by atoms with Crippen LogP contribution in [0.3, 0.4) is 0 Å². The Bertz CT molecular complexity index is 1030. The average molecular weight is 424 g/mol. The third kappa shape index (κ3) is 3.75. The van der Waals surface area contributed by atoms with E-state index >= 15 is 0 Å². The molecule has 3 rings (SSSR count). The van der Waals surface area contributed by atoms with Crippen molar-refractivity contribution in [1.29, 1.82) is 0 Å². The highest BCUT2D eigenvalue weighted by Gasteiger charge is 2.39. The fourth-order valence-electron chi connectivity index (χ4n) is 2.22. The van der Waals surface area contributed by atoms with Gasteiger partial charge in [-0.3, -0.25) is 4.79 Å². The zero-order chi connectivity index (χ0) is 19.1. The molecule has 2 aromatic carbocycles. The normalized spacial score (nSPS) is 11.8. The molecule has 26 heavy (non-hydrogen) atoms. The summed E-state index contributed by atoms with van der Waals surface area (Å²) in [5.41, 5.74) is -0.862. The molecule has 3 aromatic rings. The molecule has 0 unspecified atom stereocenters. The van der Waals surface area contributed by atoms with Gasteiger partial charge in [0.25, 0.3) is 11.4 Å². The fraction of sp³-hybridized carbons (Fsp3) is 0.125. The van der Waals surface area contributed by atoms with Crippen LogP contribution in [-0.2, 0) is 12.8 Å². The Hall–Kier alpha value is -1.96. The van der Waals surface area contributed by atoms with Gasteiger partial charge in [-0.05, 0) is 29.8 Å². The summed E-state index contributed by atoms with van der Waals surface area (Å²) in [5, 5.41) is 0.190. The van der Waals surface area contributed by atoms with Gasteiger partial charge in [0, 0.05) is 10.0 Å². The Labute approximate surface area is 159 Å². The lowest BCUT2D eigenvalue weighted by Crippen LogP contribution is -2.34. The highest BCUT2D eigenvalue weighted by atomic mass is 35.5. The van der Waals surface area contributed by atoms with Crippen LogP contribution in [0.1, 0.15) is 11.4 Å². The molecule has 1 heterocycles. The number of fused-ring (bicyclic) bond motifs is 1. The first-order valence-electron chi connectivity index (χ1n) is 7.03. The molecule has 0 amide bonds. The Morgan fingerprint density at radius 2 is 1.69 bits per heavy atom. The number of aromatic nitrogens is 2. The lowest BCUT2D eigenvalue weighted by molar-refractivity contribution is -0.157. The van der Waals surface area contributed by atoms with Crippen molar-refractivity contribution in [2.75, 3.05) is 0 Å². The smallest absolute Gasteiger partial charge is 0.404 e. The van der Waals surface area contributed by atoms with E-state index in [1.165, 1.54) is 12.1 Å². The summed E-state index contributed by atoms with van der Waals surface area (Å²) in [6.07, 6.45) is -4.93. The van der Waals surface area contributed by atoms with Crippen molar-refractivity contribution in [3.63, 3.8) is 0 Å². The van der Waals surface area contributed by atoms with Crippen LogP contribution in [0.2, 0.25) is 15.1 Å². The van der Waals surface area contributed by atoms with Crippen LogP contribution in [-0.4, -0.2) is 9.71 Å². The van der Waals surface area contributed by atoms with Crippen LogP contribution in [0.15, 0.2) is 41.2 Å². The predicted octanol–water partition coefficient (Wildman–Crippen LogP) is 5.00. The van der Waals surface area contributed by atoms with Gasteiger partial charge in [-0.15, -0.1) is 4.73 Å². The van der Waals surface area contributed by atoms with Gasteiger partial charge in [0.15, 0.2) is 0 Å². The number of hydrogen-bond donors (Lipinski definition) is 0. The first-order chi connectivity index (χ1) is 12.2. The zero-order valence-corrected chi connectivity index (χ0v) is 14.9. The fourth-order valence-corrected chi connectivity index (χ4v) is 2.88. The summed E-state index contributed by atoms with van der Waals surface area (Å²) in [4.78, 5) is 21.1. The van der Waals surface area contributed by atoms with E-state index in [4.69, 9.17) is 39.6 Å². The summed E-state index contributed by atoms with van der Waals surface area (Å²) in [5.74, 6) is -1.52. The van der Waals surface area contributed by atoms with E-state index in [9.17, 15) is 18.0 Å². The first-order valence-corrected chi connectivity index (χ1v) is 8.17. The highest BCUT2D eigenvalue weighted by molar-refractivity contribution is 6.38. The molecule has 10 heteroatoms. The van der Waals surface area contributed by atoms with Crippen molar-refractivity contribution in [1.82, 2.24) is 9.71 Å². The molecule has 0 N–H and O–H groups in total. The number of alkyl halides is 3. The van der Waals surface area contributed by atoms with Gasteiger partial charge in [-0.25, -0.2) is 4.98 Å². The second-order valence-electron chi connectivity index (χ2n) is 5.22. The van der Waals surface area contributed by atoms with Gasteiger partial charge in [0.05, 0.1) is 15.9 Å². The molecule has 1 aromatic heterocycles. The number of rotatable bonds is 3. The maximum atomic E-state index is 13.4. The minimum absolute atomic E-state index is 0.0883. The molecule has 0 saturated carbocycles. The van der Waals surface area contributed by atoms with E-state index in [2.05, 4.69) is 4.98 Å². The molecular formula is C16H8Cl3F3N2O2. The molecule has 0 radical (unpaired) electrons. The second-order valence-corrected chi connectivity index (χ2v) is 6.50. The molecule has 136 valence electrons. The van der Waals surface area contributed by atoms with Gasteiger partial charge in [-0.1, -0.05) is 46.9 Å². The molecule has 0 saturated heterocycles. The highest BCUT2D eigenvalue weighted by Crippen LogP contribution is 2.30. The quantitative estimate of drug-likeness (QED) is 0.595. The topological polar surface area (TPSA) is 44.1 Å². The summed E-state index contributed by atoms with van der Waals surface area (Å²) in [6.45, 7) is -0.304. The van der Waals surface area contributed by atoms with E-state index in [0.29, 0.717) is 10.6 Å². The second kappa shape index (κ2) is 6.98. The largest absolute Gasteiger partial charge is 0.453 e.